The number of fused-ring (bicyclic) bond motifs is 1. The van der Waals surface area contributed by atoms with Gasteiger partial charge in [0, 0.05) is 29.5 Å². The monoisotopic (exact) mass is 433 g/mol. The fourth-order valence-corrected chi connectivity index (χ4v) is 4.26. The number of carbonyl (C=O) groups is 3. The first kappa shape index (κ1) is 21.2. The number of benzene rings is 1. The van der Waals surface area contributed by atoms with Gasteiger partial charge in [-0.15, -0.1) is 0 Å². The lowest BCUT2D eigenvalue weighted by Gasteiger charge is -2.45. The van der Waals surface area contributed by atoms with E-state index < -0.39 is 41.8 Å². The largest absolute Gasteiger partial charge is 0.480 e. The molecule has 1 saturated heterocycles. The lowest BCUT2D eigenvalue weighted by molar-refractivity contribution is -0.166. The van der Waals surface area contributed by atoms with Gasteiger partial charge in [-0.1, -0.05) is 31.2 Å². The summed E-state index contributed by atoms with van der Waals surface area (Å²) < 4.78 is 0. The zero-order valence-electron chi connectivity index (χ0n) is 17.6. The molecule has 0 saturated carbocycles. The molecular formula is C23H23N5O4. The van der Waals surface area contributed by atoms with E-state index in [9.17, 15) is 19.5 Å². The maximum absolute atomic E-state index is 12.9. The van der Waals surface area contributed by atoms with Gasteiger partial charge in [-0.2, -0.15) is 0 Å². The van der Waals surface area contributed by atoms with E-state index in [4.69, 9.17) is 5.73 Å². The van der Waals surface area contributed by atoms with Crippen LogP contribution in [-0.2, 0) is 9.59 Å². The molecule has 3 aromatic rings. The van der Waals surface area contributed by atoms with E-state index in [-0.39, 0.29) is 5.82 Å². The van der Waals surface area contributed by atoms with Crippen molar-refractivity contribution in [2.45, 2.75) is 31.8 Å². The van der Waals surface area contributed by atoms with Crippen LogP contribution in [0.3, 0.4) is 0 Å². The molecule has 0 bridgehead atoms. The number of anilines is 1. The second-order valence-electron chi connectivity index (χ2n) is 7.94. The number of carboxylic acids is 1. The Balaban J connectivity index is 1.54. The van der Waals surface area contributed by atoms with Crippen molar-refractivity contribution in [3.63, 3.8) is 0 Å². The molecule has 2 aromatic heterocycles. The number of aliphatic carboxylic acids is 1. The molecule has 1 aliphatic rings. The van der Waals surface area contributed by atoms with Gasteiger partial charge in [0.15, 0.2) is 6.04 Å². The summed E-state index contributed by atoms with van der Waals surface area (Å²) in [5, 5.41) is 14.3. The SMILES string of the molecule is CC(NC(=O)N1C(=O)[C@H]([C@@H](C)c2ccnc(N)c2)[C@H]1C(=O)O)c1cncc2ccccc12. The third-order valence-electron chi connectivity index (χ3n) is 5.99. The molecule has 1 fully saturated rings. The number of nitrogens with one attached hydrogen (secondary N) is 1. The number of hydrogen-bond donors (Lipinski definition) is 3. The number of nitrogens with two attached hydrogens (primary N) is 1. The Morgan fingerprint density at radius 2 is 1.94 bits per heavy atom. The van der Waals surface area contributed by atoms with Gasteiger partial charge in [0.1, 0.15) is 5.82 Å². The van der Waals surface area contributed by atoms with E-state index in [1.54, 1.807) is 38.4 Å². The van der Waals surface area contributed by atoms with Gasteiger partial charge < -0.3 is 16.2 Å². The zero-order chi connectivity index (χ0) is 23.0. The van der Waals surface area contributed by atoms with Crippen LogP contribution in [0.25, 0.3) is 10.8 Å². The van der Waals surface area contributed by atoms with Gasteiger partial charge in [-0.3, -0.25) is 9.78 Å². The van der Waals surface area contributed by atoms with E-state index in [1.165, 1.54) is 6.20 Å². The van der Waals surface area contributed by atoms with Gasteiger partial charge in [0.2, 0.25) is 5.91 Å². The summed E-state index contributed by atoms with van der Waals surface area (Å²) in [7, 11) is 0. The Hall–Kier alpha value is -4.01. The van der Waals surface area contributed by atoms with Crippen molar-refractivity contribution in [3.8, 4) is 0 Å². The van der Waals surface area contributed by atoms with Crippen molar-refractivity contribution >= 4 is 34.5 Å². The van der Waals surface area contributed by atoms with Crippen molar-refractivity contribution in [2.75, 3.05) is 5.73 Å². The molecule has 4 rings (SSSR count). The Morgan fingerprint density at radius 3 is 2.66 bits per heavy atom. The molecule has 1 unspecified atom stereocenters. The molecule has 3 amide bonds. The molecule has 4 atom stereocenters. The summed E-state index contributed by atoms with van der Waals surface area (Å²) in [6.45, 7) is 3.51. The molecule has 9 heteroatoms. The fraction of sp³-hybridized carbons (Fsp3) is 0.261. The van der Waals surface area contributed by atoms with Gasteiger partial charge in [-0.05, 0) is 35.9 Å². The maximum Gasteiger partial charge on any atom is 0.327 e. The normalized spacial score (nSPS) is 19.8. The average Bonchev–Trinajstić information content (AvgIpc) is 2.76. The highest BCUT2D eigenvalue weighted by molar-refractivity contribution is 6.08. The Morgan fingerprint density at radius 1 is 1.19 bits per heavy atom. The van der Waals surface area contributed by atoms with Crippen LogP contribution in [0.5, 0.6) is 0 Å². The first-order valence-corrected chi connectivity index (χ1v) is 10.2. The summed E-state index contributed by atoms with van der Waals surface area (Å²) >= 11 is 0. The minimum Gasteiger partial charge on any atom is -0.480 e. The Bertz CT molecular complexity index is 1210. The Kier molecular flexibility index (Phi) is 5.48. The summed E-state index contributed by atoms with van der Waals surface area (Å²) in [5.41, 5.74) is 7.18. The smallest absolute Gasteiger partial charge is 0.327 e. The van der Waals surface area contributed by atoms with Crippen LogP contribution in [-0.4, -0.2) is 43.9 Å². The number of β-lactam (4-membered cyclic amide) rings is 1. The van der Waals surface area contributed by atoms with Gasteiger partial charge >= 0.3 is 12.0 Å². The topological polar surface area (TPSA) is 139 Å². The number of nitrogens with zero attached hydrogens (tertiary/aromatic N) is 3. The Labute approximate surface area is 184 Å². The number of nitrogen functional groups attached to an aromatic ring is 1. The van der Waals surface area contributed by atoms with Crippen molar-refractivity contribution in [3.05, 3.63) is 66.1 Å². The highest BCUT2D eigenvalue weighted by atomic mass is 16.4. The number of imide groups is 1. The zero-order valence-corrected chi connectivity index (χ0v) is 17.6. The number of aromatic nitrogens is 2. The number of likely N-dealkylation sites (tertiary alicyclic amines) is 1. The van der Waals surface area contributed by atoms with Crippen LogP contribution in [0.2, 0.25) is 0 Å². The first-order chi connectivity index (χ1) is 15.3. The number of amides is 3. The second-order valence-corrected chi connectivity index (χ2v) is 7.94. The quantitative estimate of drug-likeness (QED) is 0.526. The van der Waals surface area contributed by atoms with Crippen molar-refractivity contribution in [2.24, 2.45) is 5.92 Å². The standard InChI is InChI=1S/C23H23N5O4/c1-12(14-7-8-26-18(24)9-14)19-20(22(30)31)28(21(19)29)23(32)27-13(2)17-11-25-10-15-5-3-4-6-16(15)17/h3-13,19-20H,1-2H3,(H2,24,26)(H,27,32)(H,30,31)/t12-,13?,19+,20-/m0/s1. The summed E-state index contributed by atoms with van der Waals surface area (Å²) in [6.07, 6.45) is 4.88. The fourth-order valence-electron chi connectivity index (χ4n) is 4.26. The van der Waals surface area contributed by atoms with Gasteiger partial charge in [0.05, 0.1) is 12.0 Å². The first-order valence-electron chi connectivity index (χ1n) is 10.2. The van der Waals surface area contributed by atoms with Gasteiger partial charge in [0.25, 0.3) is 0 Å². The van der Waals surface area contributed by atoms with E-state index >= 15 is 0 Å². The predicted octanol–water partition coefficient (Wildman–Crippen LogP) is 2.70. The lowest BCUT2D eigenvalue weighted by Crippen LogP contribution is -2.69. The minimum absolute atomic E-state index is 0.278. The summed E-state index contributed by atoms with van der Waals surface area (Å²) in [4.78, 5) is 46.7. The highest BCUT2D eigenvalue weighted by Gasteiger charge is 2.57. The van der Waals surface area contributed by atoms with Crippen LogP contribution in [0.1, 0.15) is 36.9 Å². The summed E-state index contributed by atoms with van der Waals surface area (Å²) in [6, 6.07) is 8.40. The number of urea groups is 1. The van der Waals surface area contributed by atoms with Crippen LogP contribution in [0, 0.1) is 5.92 Å². The number of carbonyl (C=O) groups excluding carboxylic acids is 2. The molecule has 1 aromatic carbocycles. The van der Waals surface area contributed by atoms with Crippen LogP contribution in [0.4, 0.5) is 10.6 Å². The van der Waals surface area contributed by atoms with Crippen molar-refractivity contribution in [1.29, 1.82) is 0 Å². The molecule has 32 heavy (non-hydrogen) atoms. The van der Waals surface area contributed by atoms with E-state index in [0.29, 0.717) is 5.56 Å². The molecule has 4 N–H and O–H groups in total. The van der Waals surface area contributed by atoms with Crippen LogP contribution in [0.15, 0.2) is 55.0 Å². The molecule has 0 radical (unpaired) electrons. The van der Waals surface area contributed by atoms with Crippen molar-refractivity contribution in [1.82, 2.24) is 20.2 Å². The highest BCUT2D eigenvalue weighted by Crippen LogP contribution is 2.39. The summed E-state index contributed by atoms with van der Waals surface area (Å²) in [5.74, 6) is -2.83. The molecule has 1 aliphatic heterocycles. The number of hydrogen-bond acceptors (Lipinski definition) is 6. The minimum atomic E-state index is -1.27. The molecular weight excluding hydrogens is 410 g/mol. The average molecular weight is 433 g/mol. The number of rotatable bonds is 5. The maximum atomic E-state index is 12.9. The van der Waals surface area contributed by atoms with E-state index in [0.717, 1.165) is 21.2 Å². The number of carboxylic acid groups (broad SMARTS) is 1. The van der Waals surface area contributed by atoms with Gasteiger partial charge in [-0.25, -0.2) is 19.5 Å². The van der Waals surface area contributed by atoms with E-state index in [1.807, 2.05) is 24.3 Å². The molecule has 0 aliphatic carbocycles. The van der Waals surface area contributed by atoms with Crippen LogP contribution >= 0.6 is 0 Å². The third-order valence-corrected chi connectivity index (χ3v) is 5.99. The second kappa shape index (κ2) is 8.26. The van der Waals surface area contributed by atoms with E-state index in [2.05, 4.69) is 15.3 Å². The predicted molar refractivity (Wildman–Crippen MR) is 118 cm³/mol. The molecule has 9 nitrogen and oxygen atoms in total. The number of pyridine rings is 2. The molecule has 164 valence electrons. The third kappa shape index (κ3) is 3.62. The van der Waals surface area contributed by atoms with Crippen molar-refractivity contribution < 1.29 is 19.5 Å². The molecule has 3 heterocycles. The van der Waals surface area contributed by atoms with Crippen LogP contribution < -0.4 is 11.1 Å². The lowest BCUT2D eigenvalue weighted by atomic mass is 9.75. The molecule has 0 spiro atoms.